The first kappa shape index (κ1) is 24.7. The molecule has 3 heteroatoms. The molecule has 0 saturated heterocycles. The van der Waals surface area contributed by atoms with Crippen LogP contribution in [0, 0.1) is 0 Å². The third-order valence-corrected chi connectivity index (χ3v) is 4.76. The minimum atomic E-state index is -0.131. The molecule has 1 aromatic carbocycles. The van der Waals surface area contributed by atoms with E-state index < -0.39 is 0 Å². The molecular weight excluding hydrogens is 358 g/mol. The number of aryl methyl sites for hydroxylation is 1. The number of carbonyl (C=O) groups is 1. The van der Waals surface area contributed by atoms with Crippen molar-refractivity contribution >= 4 is 11.7 Å². The van der Waals surface area contributed by atoms with E-state index in [9.17, 15) is 4.79 Å². The number of hydrogen-bond donors (Lipinski definition) is 1. The van der Waals surface area contributed by atoms with Gasteiger partial charge in [-0.3, -0.25) is 4.79 Å². The first-order valence-electron chi connectivity index (χ1n) is 10.8. The van der Waals surface area contributed by atoms with Crippen LogP contribution in [-0.2, 0) is 16.0 Å². The van der Waals surface area contributed by atoms with Crippen LogP contribution in [0.15, 0.2) is 59.2 Å². The van der Waals surface area contributed by atoms with Gasteiger partial charge in [-0.15, -0.1) is 0 Å². The van der Waals surface area contributed by atoms with Gasteiger partial charge in [-0.05, 0) is 84.4 Å². The molecule has 0 fully saturated rings. The molecule has 0 amide bonds. The van der Waals surface area contributed by atoms with Crippen molar-refractivity contribution in [2.75, 3.05) is 18.5 Å². The second-order valence-electron chi connectivity index (χ2n) is 7.84. The highest BCUT2D eigenvalue weighted by Crippen LogP contribution is 2.13. The van der Waals surface area contributed by atoms with E-state index in [0.717, 1.165) is 49.9 Å². The highest BCUT2D eigenvalue weighted by molar-refractivity contribution is 5.69. The fourth-order valence-corrected chi connectivity index (χ4v) is 2.95. The normalized spacial score (nSPS) is 11.9. The maximum absolute atomic E-state index is 11.4. The van der Waals surface area contributed by atoms with Crippen molar-refractivity contribution < 1.29 is 9.53 Å². The number of esters is 1. The molecule has 0 aliphatic carbocycles. The van der Waals surface area contributed by atoms with E-state index in [1.165, 1.54) is 16.7 Å². The molecule has 1 N–H and O–H groups in total. The molecule has 0 saturated carbocycles. The summed E-state index contributed by atoms with van der Waals surface area (Å²) in [5.41, 5.74) is 6.55. The summed E-state index contributed by atoms with van der Waals surface area (Å²) in [6.45, 7) is 11.9. The highest BCUT2D eigenvalue weighted by Gasteiger charge is 2.02. The van der Waals surface area contributed by atoms with Gasteiger partial charge >= 0.3 is 5.97 Å². The maximum atomic E-state index is 11.4. The maximum Gasteiger partial charge on any atom is 0.306 e. The average Bonchev–Trinajstić information content (AvgIpc) is 2.67. The zero-order valence-electron chi connectivity index (χ0n) is 19.0. The van der Waals surface area contributed by atoms with Gasteiger partial charge in [0, 0.05) is 18.7 Å². The second-order valence-corrected chi connectivity index (χ2v) is 7.84. The van der Waals surface area contributed by atoms with Crippen molar-refractivity contribution in [1.29, 1.82) is 0 Å². The van der Waals surface area contributed by atoms with Crippen molar-refractivity contribution in [2.45, 2.75) is 73.1 Å². The first-order valence-corrected chi connectivity index (χ1v) is 10.8. The molecule has 0 aromatic heterocycles. The van der Waals surface area contributed by atoms with Gasteiger partial charge in [0.1, 0.15) is 0 Å². The Hall–Kier alpha value is -2.29. The van der Waals surface area contributed by atoms with Crippen molar-refractivity contribution in [2.24, 2.45) is 0 Å². The third kappa shape index (κ3) is 12.7. The standard InChI is InChI=1S/C26H39NO2/c1-6-29-26(28)18-15-24-13-16-25(17-14-24)27-20-19-23(5)12-8-11-22(4)10-7-9-21(2)3/h9,11,13-14,16-17,19,27H,6-8,10,12,15,18,20H2,1-5H3. The summed E-state index contributed by atoms with van der Waals surface area (Å²) in [7, 11) is 0. The largest absolute Gasteiger partial charge is 0.466 e. The van der Waals surface area contributed by atoms with E-state index in [4.69, 9.17) is 4.74 Å². The Kier molecular flexibility index (Phi) is 12.5. The molecule has 0 aliphatic heterocycles. The smallest absolute Gasteiger partial charge is 0.306 e. The molecule has 0 atom stereocenters. The quantitative estimate of drug-likeness (QED) is 0.287. The van der Waals surface area contributed by atoms with Crippen LogP contribution in [0.4, 0.5) is 5.69 Å². The van der Waals surface area contributed by atoms with Crippen LogP contribution in [0.2, 0.25) is 0 Å². The Bertz CT molecular complexity index is 692. The second kappa shape index (κ2) is 14.7. The Labute approximate surface area is 177 Å². The van der Waals surface area contributed by atoms with E-state index in [0.29, 0.717) is 13.0 Å². The molecule has 29 heavy (non-hydrogen) atoms. The summed E-state index contributed by atoms with van der Waals surface area (Å²) in [5.74, 6) is -0.131. The fourth-order valence-electron chi connectivity index (χ4n) is 2.95. The lowest BCUT2D eigenvalue weighted by molar-refractivity contribution is -0.143. The number of anilines is 1. The summed E-state index contributed by atoms with van der Waals surface area (Å²) in [4.78, 5) is 11.4. The molecule has 0 unspecified atom stereocenters. The monoisotopic (exact) mass is 397 g/mol. The van der Waals surface area contributed by atoms with Gasteiger partial charge < -0.3 is 10.1 Å². The van der Waals surface area contributed by atoms with Gasteiger partial charge in [-0.2, -0.15) is 0 Å². The number of benzene rings is 1. The van der Waals surface area contributed by atoms with Crippen LogP contribution in [-0.4, -0.2) is 19.1 Å². The molecule has 0 heterocycles. The van der Waals surface area contributed by atoms with E-state index in [1.807, 2.05) is 6.92 Å². The van der Waals surface area contributed by atoms with Crippen LogP contribution in [0.1, 0.15) is 72.3 Å². The molecule has 0 aliphatic rings. The van der Waals surface area contributed by atoms with Gasteiger partial charge in [0.2, 0.25) is 0 Å². The van der Waals surface area contributed by atoms with Gasteiger partial charge in [-0.1, -0.05) is 47.1 Å². The van der Waals surface area contributed by atoms with Gasteiger partial charge in [0.25, 0.3) is 0 Å². The molecule has 160 valence electrons. The van der Waals surface area contributed by atoms with Gasteiger partial charge in [-0.25, -0.2) is 0 Å². The summed E-state index contributed by atoms with van der Waals surface area (Å²) in [5, 5.41) is 3.44. The Morgan fingerprint density at radius 2 is 1.52 bits per heavy atom. The summed E-state index contributed by atoms with van der Waals surface area (Å²) < 4.78 is 4.97. The zero-order chi connectivity index (χ0) is 21.5. The van der Waals surface area contributed by atoms with Crippen LogP contribution in [0.25, 0.3) is 0 Å². The topological polar surface area (TPSA) is 38.3 Å². The molecule has 0 bridgehead atoms. The minimum Gasteiger partial charge on any atom is -0.466 e. The fraction of sp³-hybridized carbons (Fsp3) is 0.500. The summed E-state index contributed by atoms with van der Waals surface area (Å²) in [6.07, 6.45) is 12.6. The average molecular weight is 398 g/mol. The third-order valence-electron chi connectivity index (χ3n) is 4.76. The Balaban J connectivity index is 2.29. The Morgan fingerprint density at radius 1 is 0.897 bits per heavy atom. The van der Waals surface area contributed by atoms with Crippen LogP contribution < -0.4 is 5.32 Å². The Morgan fingerprint density at radius 3 is 2.14 bits per heavy atom. The van der Waals surface area contributed by atoms with Crippen molar-refractivity contribution in [1.82, 2.24) is 0 Å². The summed E-state index contributed by atoms with van der Waals surface area (Å²) in [6, 6.07) is 8.28. The molecule has 3 nitrogen and oxygen atoms in total. The number of carbonyl (C=O) groups excluding carboxylic acids is 1. The molecule has 0 radical (unpaired) electrons. The number of ether oxygens (including phenoxy) is 1. The van der Waals surface area contributed by atoms with Gasteiger partial charge in [0.05, 0.1) is 6.61 Å². The lowest BCUT2D eigenvalue weighted by Crippen LogP contribution is -2.05. The summed E-state index contributed by atoms with van der Waals surface area (Å²) >= 11 is 0. The number of allylic oxidation sites excluding steroid dienone is 5. The van der Waals surface area contributed by atoms with E-state index in [-0.39, 0.29) is 5.97 Å². The van der Waals surface area contributed by atoms with Crippen molar-refractivity contribution in [3.63, 3.8) is 0 Å². The first-order chi connectivity index (χ1) is 13.9. The minimum absolute atomic E-state index is 0.131. The molecule has 0 spiro atoms. The van der Waals surface area contributed by atoms with Crippen LogP contribution in [0.5, 0.6) is 0 Å². The van der Waals surface area contributed by atoms with Crippen LogP contribution in [0.3, 0.4) is 0 Å². The lowest BCUT2D eigenvalue weighted by Gasteiger charge is -2.07. The molecule has 1 rings (SSSR count). The van der Waals surface area contributed by atoms with E-state index >= 15 is 0 Å². The van der Waals surface area contributed by atoms with Gasteiger partial charge in [0.15, 0.2) is 0 Å². The predicted molar refractivity (Wildman–Crippen MR) is 125 cm³/mol. The molecule has 1 aromatic rings. The van der Waals surface area contributed by atoms with E-state index in [2.05, 4.69) is 75.5 Å². The van der Waals surface area contributed by atoms with Crippen molar-refractivity contribution in [3.8, 4) is 0 Å². The molecular formula is C26H39NO2. The van der Waals surface area contributed by atoms with Crippen LogP contribution >= 0.6 is 0 Å². The zero-order valence-corrected chi connectivity index (χ0v) is 19.0. The van der Waals surface area contributed by atoms with Crippen molar-refractivity contribution in [3.05, 3.63) is 64.8 Å². The number of rotatable bonds is 13. The highest BCUT2D eigenvalue weighted by atomic mass is 16.5. The number of nitrogens with one attached hydrogen (secondary N) is 1. The van der Waals surface area contributed by atoms with E-state index in [1.54, 1.807) is 0 Å². The SMILES string of the molecule is CCOC(=O)CCc1ccc(NCC=C(C)CCC=C(C)CCC=C(C)C)cc1. The number of hydrogen-bond acceptors (Lipinski definition) is 3. The lowest BCUT2D eigenvalue weighted by atomic mass is 10.1. The predicted octanol–water partition coefficient (Wildman–Crippen LogP) is 7.01.